The summed E-state index contributed by atoms with van der Waals surface area (Å²) in [5.74, 6) is 0.338. The van der Waals surface area contributed by atoms with E-state index in [0.717, 1.165) is 5.56 Å². The van der Waals surface area contributed by atoms with Crippen LogP contribution in [0.5, 0.6) is 11.5 Å². The topological polar surface area (TPSA) is 77.1 Å². The molecule has 1 N–H and O–H groups in total. The van der Waals surface area contributed by atoms with Crippen molar-refractivity contribution in [1.29, 1.82) is 0 Å². The van der Waals surface area contributed by atoms with E-state index < -0.39 is 5.92 Å². The predicted molar refractivity (Wildman–Crippen MR) is 118 cm³/mol. The van der Waals surface area contributed by atoms with Crippen LogP contribution in [-0.4, -0.2) is 64.3 Å². The highest BCUT2D eigenvalue weighted by molar-refractivity contribution is 6.30. The third-order valence-corrected chi connectivity index (χ3v) is 5.70. The highest BCUT2D eigenvalue weighted by Crippen LogP contribution is 2.39. The zero-order valence-electron chi connectivity index (χ0n) is 17.9. The Kier molecular flexibility index (Phi) is 7.76. The number of benzene rings is 2. The summed E-state index contributed by atoms with van der Waals surface area (Å²) < 4.78 is 15.9. The molecule has 1 saturated heterocycles. The molecule has 0 radical (unpaired) electrons. The van der Waals surface area contributed by atoms with E-state index in [9.17, 15) is 9.59 Å². The minimum atomic E-state index is -0.428. The van der Waals surface area contributed by atoms with Crippen LogP contribution in [-0.2, 0) is 9.53 Å². The van der Waals surface area contributed by atoms with E-state index in [0.29, 0.717) is 48.3 Å². The minimum Gasteiger partial charge on any atom is -0.497 e. The van der Waals surface area contributed by atoms with Crippen LogP contribution in [0.2, 0.25) is 5.02 Å². The molecule has 1 aliphatic heterocycles. The molecule has 7 nitrogen and oxygen atoms in total. The summed E-state index contributed by atoms with van der Waals surface area (Å²) in [6.07, 6.45) is 0. The predicted octanol–water partition coefficient (Wildman–Crippen LogP) is 2.98. The van der Waals surface area contributed by atoms with Gasteiger partial charge in [0, 0.05) is 54.9 Å². The van der Waals surface area contributed by atoms with Crippen molar-refractivity contribution in [3.8, 4) is 11.5 Å². The van der Waals surface area contributed by atoms with Gasteiger partial charge in [0.2, 0.25) is 5.91 Å². The fourth-order valence-corrected chi connectivity index (χ4v) is 4.08. The second-order valence-electron chi connectivity index (χ2n) is 7.33. The maximum atomic E-state index is 13.1. The molecule has 2 amide bonds. The fraction of sp³-hybridized carbons (Fsp3) is 0.391. The van der Waals surface area contributed by atoms with Gasteiger partial charge < -0.3 is 24.4 Å². The van der Waals surface area contributed by atoms with Gasteiger partial charge in [0.15, 0.2) is 0 Å². The van der Waals surface area contributed by atoms with E-state index in [4.69, 9.17) is 25.8 Å². The van der Waals surface area contributed by atoms with Gasteiger partial charge in [0.25, 0.3) is 5.91 Å². The summed E-state index contributed by atoms with van der Waals surface area (Å²) in [4.78, 5) is 27.8. The second-order valence-corrected chi connectivity index (χ2v) is 7.76. The molecule has 0 bridgehead atoms. The molecule has 0 spiro atoms. The summed E-state index contributed by atoms with van der Waals surface area (Å²) in [5, 5.41) is 3.40. The molecular weight excluding hydrogens is 420 g/mol. The van der Waals surface area contributed by atoms with Crippen LogP contribution < -0.4 is 14.8 Å². The van der Waals surface area contributed by atoms with E-state index in [2.05, 4.69) is 5.32 Å². The van der Waals surface area contributed by atoms with Crippen LogP contribution in [0.1, 0.15) is 21.8 Å². The number of methoxy groups -OCH3 is 3. The van der Waals surface area contributed by atoms with Crippen LogP contribution in [0.25, 0.3) is 0 Å². The number of nitrogens with zero attached hydrogens (tertiary/aromatic N) is 1. The first-order valence-corrected chi connectivity index (χ1v) is 10.4. The Morgan fingerprint density at radius 3 is 2.58 bits per heavy atom. The molecule has 1 heterocycles. The Balaban J connectivity index is 1.90. The van der Waals surface area contributed by atoms with Gasteiger partial charge in [-0.15, -0.1) is 0 Å². The Labute approximate surface area is 187 Å². The van der Waals surface area contributed by atoms with Gasteiger partial charge in [-0.05, 0) is 24.3 Å². The van der Waals surface area contributed by atoms with E-state index in [1.54, 1.807) is 56.6 Å². The average molecular weight is 447 g/mol. The van der Waals surface area contributed by atoms with Gasteiger partial charge in [-0.3, -0.25) is 9.59 Å². The minimum absolute atomic E-state index is 0.124. The molecule has 0 unspecified atom stereocenters. The molecule has 0 saturated carbocycles. The van der Waals surface area contributed by atoms with E-state index in [-0.39, 0.29) is 17.7 Å². The lowest BCUT2D eigenvalue weighted by atomic mass is 9.87. The first kappa shape index (κ1) is 22.9. The van der Waals surface area contributed by atoms with Crippen molar-refractivity contribution in [1.82, 2.24) is 10.2 Å². The standard InChI is InChI=1S/C23H27ClN2O5/c1-29-10-9-25-22(27)20-14-26(23(28)15-5-4-6-16(24)11-15)13-19(20)18-8-7-17(30-2)12-21(18)31-3/h4-8,11-12,19-20H,9-10,13-14H2,1-3H3,(H,25,27)/t19-,20+/m1/s1. The van der Waals surface area contributed by atoms with Gasteiger partial charge in [-0.25, -0.2) is 0 Å². The monoisotopic (exact) mass is 446 g/mol. The van der Waals surface area contributed by atoms with Crippen LogP contribution in [0.15, 0.2) is 42.5 Å². The van der Waals surface area contributed by atoms with Gasteiger partial charge in [0.05, 0.1) is 26.7 Å². The molecule has 8 heteroatoms. The molecule has 2 aromatic rings. The van der Waals surface area contributed by atoms with Crippen LogP contribution in [0, 0.1) is 5.92 Å². The van der Waals surface area contributed by atoms with Gasteiger partial charge in [-0.2, -0.15) is 0 Å². The zero-order chi connectivity index (χ0) is 22.4. The molecule has 0 aliphatic carbocycles. The number of carbonyl (C=O) groups excluding carboxylic acids is 2. The molecule has 1 aliphatic rings. The Morgan fingerprint density at radius 1 is 1.10 bits per heavy atom. The summed E-state index contributed by atoms with van der Waals surface area (Å²) in [7, 11) is 4.75. The number of ether oxygens (including phenoxy) is 3. The number of hydrogen-bond acceptors (Lipinski definition) is 5. The molecule has 0 aromatic heterocycles. The van der Waals surface area contributed by atoms with E-state index >= 15 is 0 Å². The Hall–Kier alpha value is -2.77. The molecular formula is C23H27ClN2O5. The highest BCUT2D eigenvalue weighted by Gasteiger charge is 2.41. The van der Waals surface area contributed by atoms with Crippen molar-refractivity contribution < 1.29 is 23.8 Å². The quantitative estimate of drug-likeness (QED) is 0.631. The fourth-order valence-electron chi connectivity index (χ4n) is 3.89. The highest BCUT2D eigenvalue weighted by atomic mass is 35.5. The van der Waals surface area contributed by atoms with Crippen LogP contribution >= 0.6 is 11.6 Å². The van der Waals surface area contributed by atoms with Crippen LogP contribution in [0.3, 0.4) is 0 Å². The van der Waals surface area contributed by atoms with Gasteiger partial charge >= 0.3 is 0 Å². The number of carbonyl (C=O) groups is 2. The molecule has 1 fully saturated rings. The molecule has 166 valence electrons. The van der Waals surface area contributed by atoms with E-state index in [1.165, 1.54) is 0 Å². The smallest absolute Gasteiger partial charge is 0.253 e. The molecule has 2 aromatic carbocycles. The van der Waals surface area contributed by atoms with Crippen molar-refractivity contribution >= 4 is 23.4 Å². The second kappa shape index (κ2) is 10.5. The average Bonchev–Trinajstić information content (AvgIpc) is 3.23. The number of halogens is 1. The zero-order valence-corrected chi connectivity index (χ0v) is 18.6. The summed E-state index contributed by atoms with van der Waals surface area (Å²) in [6.45, 7) is 1.50. The third kappa shape index (κ3) is 5.29. The largest absolute Gasteiger partial charge is 0.497 e. The van der Waals surface area contributed by atoms with Crippen molar-refractivity contribution in [3.05, 3.63) is 58.6 Å². The Bertz CT molecular complexity index is 936. The number of nitrogens with one attached hydrogen (secondary N) is 1. The lowest BCUT2D eigenvalue weighted by Gasteiger charge is -2.21. The SMILES string of the molecule is COCCNC(=O)[C@H]1CN(C(=O)c2cccc(Cl)c2)C[C@@H]1c1ccc(OC)cc1OC. The first-order chi connectivity index (χ1) is 15.0. The van der Waals surface area contributed by atoms with Gasteiger partial charge in [-0.1, -0.05) is 23.7 Å². The molecule has 31 heavy (non-hydrogen) atoms. The number of amides is 2. The normalized spacial score (nSPS) is 18.0. The summed E-state index contributed by atoms with van der Waals surface area (Å²) in [6, 6.07) is 12.3. The van der Waals surface area contributed by atoms with E-state index in [1.807, 2.05) is 12.1 Å². The number of rotatable bonds is 8. The Morgan fingerprint density at radius 2 is 1.90 bits per heavy atom. The molecule has 3 rings (SSSR count). The van der Waals surface area contributed by atoms with Crippen molar-refractivity contribution in [2.24, 2.45) is 5.92 Å². The van der Waals surface area contributed by atoms with Crippen molar-refractivity contribution in [3.63, 3.8) is 0 Å². The third-order valence-electron chi connectivity index (χ3n) is 5.46. The van der Waals surface area contributed by atoms with Crippen LogP contribution in [0.4, 0.5) is 0 Å². The van der Waals surface area contributed by atoms with Crippen molar-refractivity contribution in [2.75, 3.05) is 47.6 Å². The summed E-state index contributed by atoms with van der Waals surface area (Å²) >= 11 is 6.06. The molecule has 2 atom stereocenters. The first-order valence-electron chi connectivity index (χ1n) is 10.0. The van der Waals surface area contributed by atoms with Gasteiger partial charge in [0.1, 0.15) is 11.5 Å². The van der Waals surface area contributed by atoms with Crippen molar-refractivity contribution in [2.45, 2.75) is 5.92 Å². The maximum absolute atomic E-state index is 13.1. The lowest BCUT2D eigenvalue weighted by molar-refractivity contribution is -0.125. The number of hydrogen-bond donors (Lipinski definition) is 1. The maximum Gasteiger partial charge on any atom is 0.253 e. The lowest BCUT2D eigenvalue weighted by Crippen LogP contribution is -2.37. The summed E-state index contributed by atoms with van der Waals surface area (Å²) in [5.41, 5.74) is 1.35. The number of likely N-dealkylation sites (tertiary alicyclic amines) is 1.